The van der Waals surface area contributed by atoms with Crippen molar-refractivity contribution in [2.45, 2.75) is 31.7 Å². The predicted octanol–water partition coefficient (Wildman–Crippen LogP) is -0.471. The van der Waals surface area contributed by atoms with Crippen LogP contribution in [0.4, 0.5) is 0 Å². The van der Waals surface area contributed by atoms with E-state index in [-0.39, 0.29) is 12.1 Å². The highest BCUT2D eigenvalue weighted by atomic mass is 16.5. The molecule has 72 valence electrons. The van der Waals surface area contributed by atoms with Crippen LogP contribution in [0, 0.1) is 0 Å². The van der Waals surface area contributed by atoms with Crippen LogP contribution in [0.5, 0.6) is 0 Å². The second kappa shape index (κ2) is 3.40. The summed E-state index contributed by atoms with van der Waals surface area (Å²) < 4.78 is 5.36. The van der Waals surface area contributed by atoms with E-state index in [0.29, 0.717) is 31.8 Å². The fourth-order valence-corrected chi connectivity index (χ4v) is 2.36. The molecule has 0 radical (unpaired) electrons. The summed E-state index contributed by atoms with van der Waals surface area (Å²) in [4.78, 5) is 13.3. The Balaban J connectivity index is 2.14. The third kappa shape index (κ3) is 1.64. The molecule has 2 fully saturated rings. The van der Waals surface area contributed by atoms with E-state index >= 15 is 0 Å². The lowest BCUT2D eigenvalue weighted by molar-refractivity contribution is -0.130. The molecule has 2 heterocycles. The molecule has 1 N–H and O–H groups in total. The van der Waals surface area contributed by atoms with Gasteiger partial charge in [-0.2, -0.15) is 0 Å². The van der Waals surface area contributed by atoms with Crippen molar-refractivity contribution in [2.75, 3.05) is 13.2 Å². The first-order valence-electron chi connectivity index (χ1n) is 4.73. The zero-order chi connectivity index (χ0) is 9.42. The highest BCUT2D eigenvalue weighted by Gasteiger charge is 2.41. The number of rotatable bonds is 1. The summed E-state index contributed by atoms with van der Waals surface area (Å²) in [5, 5.41) is 9.53. The molecule has 0 aromatic heterocycles. The molecule has 2 bridgehead atoms. The van der Waals surface area contributed by atoms with E-state index in [4.69, 9.17) is 4.74 Å². The van der Waals surface area contributed by atoms with Gasteiger partial charge in [-0.15, -0.1) is 0 Å². The lowest BCUT2D eigenvalue weighted by atomic mass is 9.76. The third-order valence-electron chi connectivity index (χ3n) is 2.82. The van der Waals surface area contributed by atoms with Gasteiger partial charge in [0.05, 0.1) is 13.2 Å². The van der Waals surface area contributed by atoms with Gasteiger partial charge in [-0.25, -0.2) is 0 Å². The number of morpholine rings is 1. The van der Waals surface area contributed by atoms with E-state index in [9.17, 15) is 9.82 Å². The number of hydrogen-bond acceptors (Lipinski definition) is 4. The highest BCUT2D eigenvalue weighted by Crippen LogP contribution is 2.25. The molecule has 2 atom stereocenters. The summed E-state index contributed by atoms with van der Waals surface area (Å²) in [5.41, 5.74) is 0. The van der Waals surface area contributed by atoms with Crippen LogP contribution in [-0.4, -0.2) is 48.0 Å². The van der Waals surface area contributed by atoms with Gasteiger partial charge < -0.3 is 14.6 Å². The largest absolute Gasteiger partial charge is 0.437 e. The Kier molecular flexibility index (Phi) is 2.40. The first kappa shape index (κ1) is 9.18. The van der Waals surface area contributed by atoms with Crippen LogP contribution in [0.1, 0.15) is 12.8 Å². The fourth-order valence-electron chi connectivity index (χ4n) is 2.36. The summed E-state index contributed by atoms with van der Waals surface area (Å²) in [6, 6.07) is 0.194. The maximum Gasteiger partial charge on any atom is 0.377 e. The highest BCUT2D eigenvalue weighted by molar-refractivity contribution is 6.45. The number of ketones is 1. The van der Waals surface area contributed by atoms with Crippen LogP contribution in [0.3, 0.4) is 0 Å². The summed E-state index contributed by atoms with van der Waals surface area (Å²) in [7, 11) is -0.466. The Hall–Kier alpha value is -0.385. The Bertz CT molecular complexity index is 205. The molecule has 1 unspecified atom stereocenters. The van der Waals surface area contributed by atoms with Crippen molar-refractivity contribution < 1.29 is 14.6 Å². The van der Waals surface area contributed by atoms with Gasteiger partial charge in [0.1, 0.15) is 5.78 Å². The molecule has 2 saturated heterocycles. The molecule has 0 aromatic carbocycles. The van der Waals surface area contributed by atoms with Gasteiger partial charge in [-0.1, -0.05) is 0 Å². The zero-order valence-electron chi connectivity index (χ0n) is 7.77. The number of carbonyl (C=O) groups excluding carboxylic acids is 1. The van der Waals surface area contributed by atoms with E-state index in [1.54, 1.807) is 6.82 Å². The third-order valence-corrected chi connectivity index (χ3v) is 2.82. The van der Waals surface area contributed by atoms with Crippen molar-refractivity contribution in [1.29, 1.82) is 0 Å². The average Bonchev–Trinajstić information content (AvgIpc) is 2.01. The first-order chi connectivity index (χ1) is 6.18. The van der Waals surface area contributed by atoms with Gasteiger partial charge in [-0.3, -0.25) is 4.79 Å². The molecule has 0 amide bonds. The minimum atomic E-state index is -0.466. The predicted molar refractivity (Wildman–Crippen MR) is 48.3 cm³/mol. The lowest BCUT2D eigenvalue weighted by Gasteiger charge is -2.45. The van der Waals surface area contributed by atoms with Crippen LogP contribution in [0.15, 0.2) is 0 Å². The minimum Gasteiger partial charge on any atom is -0.437 e. The average molecular weight is 183 g/mol. The topological polar surface area (TPSA) is 49.8 Å². The summed E-state index contributed by atoms with van der Waals surface area (Å²) in [6.07, 6.45) is 1.06. The van der Waals surface area contributed by atoms with Gasteiger partial charge in [0.15, 0.2) is 0 Å². The van der Waals surface area contributed by atoms with E-state index in [2.05, 4.69) is 0 Å². The maximum absolute atomic E-state index is 11.3. The molecule has 0 saturated carbocycles. The Morgan fingerprint density at radius 2 is 2.00 bits per heavy atom. The molecule has 5 heteroatoms. The molecule has 0 aromatic rings. The number of carbonyl (C=O) groups is 1. The maximum atomic E-state index is 11.3. The van der Waals surface area contributed by atoms with Crippen LogP contribution in [0.2, 0.25) is 6.82 Å². The number of nitrogens with zero attached hydrogens (tertiary/aromatic N) is 1. The normalized spacial score (nSPS) is 34.8. The number of fused-ring (bicyclic) bond motifs is 2. The number of piperidine rings is 1. The number of Topliss-reactive ketones (excluding diaryl/α,β-unsaturated/α-hetero) is 1. The van der Waals surface area contributed by atoms with Crippen molar-refractivity contribution in [3.05, 3.63) is 0 Å². The van der Waals surface area contributed by atoms with Crippen molar-refractivity contribution in [3.8, 4) is 0 Å². The lowest BCUT2D eigenvalue weighted by Crippen LogP contribution is -2.61. The van der Waals surface area contributed by atoms with Gasteiger partial charge in [0.2, 0.25) is 0 Å². The molecular formula is C8H14BNO3. The van der Waals surface area contributed by atoms with Crippen molar-refractivity contribution in [2.24, 2.45) is 0 Å². The van der Waals surface area contributed by atoms with Crippen LogP contribution in [-0.2, 0) is 9.53 Å². The molecule has 2 rings (SSSR count). The summed E-state index contributed by atoms with van der Waals surface area (Å²) in [6.45, 7) is 2.90. The van der Waals surface area contributed by atoms with Gasteiger partial charge >= 0.3 is 7.05 Å². The second-order valence-corrected chi connectivity index (χ2v) is 3.87. The van der Waals surface area contributed by atoms with Crippen LogP contribution >= 0.6 is 0 Å². The monoisotopic (exact) mass is 183 g/mol. The van der Waals surface area contributed by atoms with E-state index in [0.717, 1.165) is 0 Å². The first-order valence-corrected chi connectivity index (χ1v) is 4.73. The van der Waals surface area contributed by atoms with Crippen molar-refractivity contribution in [1.82, 2.24) is 4.81 Å². The molecular weight excluding hydrogens is 169 g/mol. The van der Waals surface area contributed by atoms with E-state index < -0.39 is 7.05 Å². The van der Waals surface area contributed by atoms with Gasteiger partial charge in [-0.05, 0) is 6.82 Å². The number of ether oxygens (including phenoxy) is 1. The second-order valence-electron chi connectivity index (χ2n) is 3.87. The fraction of sp³-hybridized carbons (Fsp3) is 0.875. The Morgan fingerprint density at radius 1 is 1.46 bits per heavy atom. The molecule has 4 nitrogen and oxygen atoms in total. The van der Waals surface area contributed by atoms with Gasteiger partial charge in [0, 0.05) is 24.9 Å². The number of hydrogen-bond donors (Lipinski definition) is 1. The van der Waals surface area contributed by atoms with Crippen molar-refractivity contribution in [3.63, 3.8) is 0 Å². The molecule has 0 spiro atoms. The van der Waals surface area contributed by atoms with Crippen LogP contribution < -0.4 is 0 Å². The van der Waals surface area contributed by atoms with E-state index in [1.807, 2.05) is 4.81 Å². The smallest absolute Gasteiger partial charge is 0.377 e. The minimum absolute atomic E-state index is 0.0972. The van der Waals surface area contributed by atoms with Crippen molar-refractivity contribution >= 4 is 12.8 Å². The quantitative estimate of drug-likeness (QED) is 0.558. The van der Waals surface area contributed by atoms with Crippen LogP contribution in [0.25, 0.3) is 0 Å². The standard InChI is InChI=1S/C8H14BNO3/c1-9(12)10-6-2-8(11)3-7(10)5-13-4-6/h6-7,12H,2-5H2,1H3/t6-,7?/m1/s1. The zero-order valence-corrected chi connectivity index (χ0v) is 7.77. The molecule has 13 heavy (non-hydrogen) atoms. The molecule has 0 aliphatic carbocycles. The van der Waals surface area contributed by atoms with Gasteiger partial charge in [0.25, 0.3) is 0 Å². The molecule has 2 aliphatic heterocycles. The summed E-state index contributed by atoms with van der Waals surface area (Å²) in [5.74, 6) is 0.301. The molecule has 2 aliphatic rings. The Morgan fingerprint density at radius 3 is 2.46 bits per heavy atom. The Labute approximate surface area is 78.0 Å². The van der Waals surface area contributed by atoms with E-state index in [1.165, 1.54) is 0 Å². The SMILES string of the molecule is CB(O)N1C2COC[C@H]1CC(=O)C2. The summed E-state index contributed by atoms with van der Waals surface area (Å²) >= 11 is 0.